The highest BCUT2D eigenvalue weighted by Crippen LogP contribution is 2.26. The maximum Gasteiger partial charge on any atom is 0.321 e. The molecule has 0 radical (unpaired) electrons. The Morgan fingerprint density at radius 2 is 1.93 bits per heavy atom. The first kappa shape index (κ1) is 22.7. The molecule has 1 aromatic carbocycles. The average Bonchev–Trinajstić information content (AvgIpc) is 3.13. The van der Waals surface area contributed by atoms with Gasteiger partial charge in [-0.3, -0.25) is 10.1 Å². The van der Waals surface area contributed by atoms with E-state index < -0.39 is 6.03 Å². The lowest BCUT2D eigenvalue weighted by atomic mass is 10.2. The Morgan fingerprint density at radius 3 is 2.55 bits per heavy atom. The van der Waals surface area contributed by atoms with Crippen molar-refractivity contribution in [1.82, 2.24) is 25.4 Å². The van der Waals surface area contributed by atoms with Gasteiger partial charge in [-0.1, -0.05) is 32.0 Å². The predicted octanol–water partition coefficient (Wildman–Crippen LogP) is 3.47. The van der Waals surface area contributed by atoms with Crippen molar-refractivity contribution >= 4 is 23.7 Å². The van der Waals surface area contributed by atoms with Gasteiger partial charge in [-0.15, -0.1) is 10.2 Å². The Morgan fingerprint density at radius 1 is 1.21 bits per heavy atom. The SMILES string of the molecule is CCCCn1c(SCC(=O)NC(=O)N[C@H](C)CC)nnc1-c1ccc(OC)cc1. The smallest absolute Gasteiger partial charge is 0.321 e. The minimum atomic E-state index is -0.476. The Kier molecular flexibility index (Phi) is 8.98. The van der Waals surface area contributed by atoms with Crippen molar-refractivity contribution in [3.8, 4) is 17.1 Å². The Balaban J connectivity index is 2.06. The number of thioether (sulfide) groups is 1. The number of hydrogen-bond acceptors (Lipinski definition) is 6. The molecule has 2 N–H and O–H groups in total. The van der Waals surface area contributed by atoms with E-state index in [1.165, 1.54) is 11.8 Å². The van der Waals surface area contributed by atoms with Crippen molar-refractivity contribution in [2.45, 2.75) is 57.8 Å². The summed E-state index contributed by atoms with van der Waals surface area (Å²) in [6.07, 6.45) is 2.80. The average molecular weight is 420 g/mol. The van der Waals surface area contributed by atoms with Crippen molar-refractivity contribution in [2.24, 2.45) is 0 Å². The number of nitrogens with zero attached hydrogens (tertiary/aromatic N) is 3. The molecule has 0 aliphatic carbocycles. The zero-order valence-electron chi connectivity index (χ0n) is 17.4. The first-order valence-electron chi connectivity index (χ1n) is 9.79. The summed E-state index contributed by atoms with van der Waals surface area (Å²) in [6.45, 7) is 6.72. The van der Waals surface area contributed by atoms with Crippen LogP contribution in [0, 0.1) is 0 Å². The number of unbranched alkanes of at least 4 members (excludes halogenated alkanes) is 1. The van der Waals surface area contributed by atoms with Gasteiger partial charge in [-0.05, 0) is 44.0 Å². The summed E-state index contributed by atoms with van der Waals surface area (Å²) in [7, 11) is 1.63. The van der Waals surface area contributed by atoms with Crippen LogP contribution in [0.25, 0.3) is 11.4 Å². The van der Waals surface area contributed by atoms with Crippen molar-refractivity contribution in [1.29, 1.82) is 0 Å². The summed E-state index contributed by atoms with van der Waals surface area (Å²) >= 11 is 1.27. The van der Waals surface area contributed by atoms with Crippen LogP contribution in [0.15, 0.2) is 29.4 Å². The van der Waals surface area contributed by atoms with Crippen LogP contribution in [-0.2, 0) is 11.3 Å². The third-order valence-corrected chi connectivity index (χ3v) is 5.34. The number of ether oxygens (including phenoxy) is 1. The van der Waals surface area contributed by atoms with Crippen LogP contribution in [-0.4, -0.2) is 45.6 Å². The number of rotatable bonds is 10. The monoisotopic (exact) mass is 419 g/mol. The third-order valence-electron chi connectivity index (χ3n) is 4.38. The molecular weight excluding hydrogens is 390 g/mol. The molecule has 1 atom stereocenters. The molecule has 0 spiro atoms. The van der Waals surface area contributed by atoms with Crippen molar-refractivity contribution < 1.29 is 14.3 Å². The molecule has 2 aromatic rings. The number of imide groups is 1. The lowest BCUT2D eigenvalue weighted by Crippen LogP contribution is -2.43. The van der Waals surface area contributed by atoms with E-state index >= 15 is 0 Å². The molecule has 1 heterocycles. The fourth-order valence-corrected chi connectivity index (χ4v) is 3.29. The molecule has 0 bridgehead atoms. The van der Waals surface area contributed by atoms with Crippen molar-refractivity contribution in [3.63, 3.8) is 0 Å². The van der Waals surface area contributed by atoms with Gasteiger partial charge >= 0.3 is 6.03 Å². The molecule has 0 fully saturated rings. The highest BCUT2D eigenvalue weighted by Gasteiger charge is 2.17. The number of carbonyl (C=O) groups excluding carboxylic acids is 2. The van der Waals surface area contributed by atoms with Crippen LogP contribution < -0.4 is 15.4 Å². The first-order chi connectivity index (χ1) is 14.0. The van der Waals surface area contributed by atoms with Crippen LogP contribution >= 0.6 is 11.8 Å². The zero-order chi connectivity index (χ0) is 21.2. The lowest BCUT2D eigenvalue weighted by Gasteiger charge is -2.12. The van der Waals surface area contributed by atoms with Gasteiger partial charge in [0.2, 0.25) is 5.91 Å². The van der Waals surface area contributed by atoms with Gasteiger partial charge in [0.25, 0.3) is 0 Å². The van der Waals surface area contributed by atoms with Crippen LogP contribution in [0.5, 0.6) is 5.75 Å². The van der Waals surface area contributed by atoms with Crippen molar-refractivity contribution in [3.05, 3.63) is 24.3 Å². The first-order valence-corrected chi connectivity index (χ1v) is 10.8. The van der Waals surface area contributed by atoms with E-state index in [2.05, 4.69) is 27.8 Å². The number of carbonyl (C=O) groups is 2. The number of aromatic nitrogens is 3. The number of benzene rings is 1. The predicted molar refractivity (Wildman–Crippen MR) is 114 cm³/mol. The Bertz CT molecular complexity index is 807. The Labute approximate surface area is 175 Å². The zero-order valence-corrected chi connectivity index (χ0v) is 18.2. The fourth-order valence-electron chi connectivity index (χ4n) is 2.52. The van der Waals surface area contributed by atoms with E-state index in [-0.39, 0.29) is 17.7 Å². The maximum absolute atomic E-state index is 12.1. The molecule has 1 aromatic heterocycles. The molecule has 0 unspecified atom stereocenters. The molecule has 0 saturated heterocycles. The van der Waals surface area contributed by atoms with E-state index in [1.54, 1.807) is 7.11 Å². The molecule has 9 heteroatoms. The minimum absolute atomic E-state index is 0.0136. The normalized spacial score (nSPS) is 11.7. The number of hydrogen-bond donors (Lipinski definition) is 2. The molecule has 158 valence electrons. The summed E-state index contributed by atoms with van der Waals surface area (Å²) < 4.78 is 7.23. The second kappa shape index (κ2) is 11.5. The summed E-state index contributed by atoms with van der Waals surface area (Å²) in [5.74, 6) is 1.24. The number of urea groups is 1. The number of methoxy groups -OCH3 is 1. The van der Waals surface area contributed by atoms with Gasteiger partial charge in [0.1, 0.15) is 5.75 Å². The summed E-state index contributed by atoms with van der Waals surface area (Å²) in [5.41, 5.74) is 0.929. The second-order valence-electron chi connectivity index (χ2n) is 6.66. The largest absolute Gasteiger partial charge is 0.497 e. The molecule has 0 aliphatic heterocycles. The third kappa shape index (κ3) is 6.77. The van der Waals surface area contributed by atoms with Crippen molar-refractivity contribution in [2.75, 3.05) is 12.9 Å². The van der Waals surface area contributed by atoms with Gasteiger partial charge in [-0.2, -0.15) is 0 Å². The fraction of sp³-hybridized carbons (Fsp3) is 0.500. The number of amides is 3. The van der Waals surface area contributed by atoms with Gasteiger partial charge < -0.3 is 14.6 Å². The highest BCUT2D eigenvalue weighted by atomic mass is 32.2. The van der Waals surface area contributed by atoms with E-state index in [1.807, 2.05) is 42.7 Å². The number of nitrogens with one attached hydrogen (secondary N) is 2. The van der Waals surface area contributed by atoms with Crippen LogP contribution in [0.1, 0.15) is 40.0 Å². The van der Waals surface area contributed by atoms with E-state index in [0.29, 0.717) is 5.16 Å². The van der Waals surface area contributed by atoms with E-state index in [9.17, 15) is 9.59 Å². The van der Waals surface area contributed by atoms with Gasteiger partial charge in [0.15, 0.2) is 11.0 Å². The van der Waals surface area contributed by atoms with Gasteiger partial charge in [0, 0.05) is 18.2 Å². The molecular formula is C20H29N5O3S. The quantitative estimate of drug-likeness (QED) is 0.572. The van der Waals surface area contributed by atoms with E-state index in [0.717, 1.165) is 42.9 Å². The van der Waals surface area contributed by atoms with Crippen LogP contribution in [0.3, 0.4) is 0 Å². The highest BCUT2D eigenvalue weighted by molar-refractivity contribution is 7.99. The van der Waals surface area contributed by atoms with Gasteiger partial charge in [-0.25, -0.2) is 4.79 Å². The molecule has 29 heavy (non-hydrogen) atoms. The summed E-state index contributed by atoms with van der Waals surface area (Å²) in [4.78, 5) is 23.9. The topological polar surface area (TPSA) is 98.1 Å². The summed E-state index contributed by atoms with van der Waals surface area (Å²) in [5, 5.41) is 14.3. The van der Waals surface area contributed by atoms with E-state index in [4.69, 9.17) is 4.74 Å². The van der Waals surface area contributed by atoms with Crippen LogP contribution in [0.2, 0.25) is 0 Å². The Hall–Kier alpha value is -2.55. The summed E-state index contributed by atoms with van der Waals surface area (Å²) in [6, 6.07) is 7.17. The molecule has 3 amide bonds. The lowest BCUT2D eigenvalue weighted by molar-refractivity contribution is -0.117. The standard InChI is InChI=1S/C20H29N5O3S/c1-5-7-12-25-18(15-8-10-16(28-4)11-9-15)23-24-20(25)29-13-17(26)22-19(27)21-14(3)6-2/h8-11,14H,5-7,12-13H2,1-4H3,(H2,21,22,26,27)/t14-/m1/s1. The van der Waals surface area contributed by atoms with Crippen LogP contribution in [0.4, 0.5) is 4.79 Å². The molecule has 2 rings (SSSR count). The second-order valence-corrected chi connectivity index (χ2v) is 7.60. The molecule has 0 aliphatic rings. The minimum Gasteiger partial charge on any atom is -0.497 e. The molecule has 8 nitrogen and oxygen atoms in total. The molecule has 0 saturated carbocycles. The van der Waals surface area contributed by atoms with Gasteiger partial charge in [0.05, 0.1) is 12.9 Å². The maximum atomic E-state index is 12.1.